The summed E-state index contributed by atoms with van der Waals surface area (Å²) in [7, 11) is 0. The predicted octanol–water partition coefficient (Wildman–Crippen LogP) is 4.81. The van der Waals surface area contributed by atoms with Crippen LogP contribution in [0.15, 0.2) is 83.3 Å². The topological polar surface area (TPSA) is 49.9 Å². The van der Waals surface area contributed by atoms with Crippen molar-refractivity contribution in [2.24, 2.45) is 5.92 Å². The maximum Gasteiger partial charge on any atom is 0.266 e. The van der Waals surface area contributed by atoms with Gasteiger partial charge in [0.2, 0.25) is 5.91 Å². The molecular formula is C24H19BrN2O3. The second-order valence-corrected chi connectivity index (χ2v) is 8.48. The lowest BCUT2D eigenvalue weighted by molar-refractivity contribution is -0.126. The second kappa shape index (κ2) is 7.38. The number of nitrogens with zero attached hydrogens (tertiary/aromatic N) is 2. The third-order valence-corrected chi connectivity index (χ3v) is 6.07. The third-order valence-electron chi connectivity index (χ3n) is 5.58. The van der Waals surface area contributed by atoms with Crippen molar-refractivity contribution in [3.05, 3.63) is 94.5 Å². The molecule has 0 radical (unpaired) electrons. The number of halogens is 1. The van der Waals surface area contributed by atoms with Crippen molar-refractivity contribution in [2.45, 2.75) is 19.1 Å². The summed E-state index contributed by atoms with van der Waals surface area (Å²) >= 11 is 3.52. The maximum absolute atomic E-state index is 13.5. The van der Waals surface area contributed by atoms with Crippen molar-refractivity contribution in [1.29, 1.82) is 0 Å². The zero-order valence-corrected chi connectivity index (χ0v) is 17.8. The van der Waals surface area contributed by atoms with Crippen LogP contribution in [0.3, 0.4) is 0 Å². The fraction of sp³-hybridized carbons (Fsp3) is 0.167. The van der Waals surface area contributed by atoms with Crippen LogP contribution in [0.5, 0.6) is 0 Å². The molecule has 5 rings (SSSR count). The smallest absolute Gasteiger partial charge is 0.266 e. The molecule has 2 saturated heterocycles. The molecule has 3 aromatic carbocycles. The van der Waals surface area contributed by atoms with Crippen LogP contribution in [0.25, 0.3) is 0 Å². The Morgan fingerprint density at radius 1 is 0.833 bits per heavy atom. The van der Waals surface area contributed by atoms with E-state index < -0.39 is 18.1 Å². The van der Waals surface area contributed by atoms with E-state index in [1.165, 1.54) is 4.90 Å². The molecule has 0 N–H and O–H groups in total. The molecule has 30 heavy (non-hydrogen) atoms. The van der Waals surface area contributed by atoms with Crippen molar-refractivity contribution in [3.63, 3.8) is 0 Å². The molecule has 0 bridgehead atoms. The zero-order chi connectivity index (χ0) is 20.8. The van der Waals surface area contributed by atoms with Crippen LogP contribution in [-0.2, 0) is 14.4 Å². The molecule has 3 aromatic rings. The van der Waals surface area contributed by atoms with Crippen LogP contribution < -0.4 is 9.96 Å². The summed E-state index contributed by atoms with van der Waals surface area (Å²) in [4.78, 5) is 34.2. The van der Waals surface area contributed by atoms with E-state index in [0.717, 1.165) is 21.3 Å². The van der Waals surface area contributed by atoms with E-state index >= 15 is 0 Å². The number of anilines is 2. The molecule has 0 unspecified atom stereocenters. The van der Waals surface area contributed by atoms with Gasteiger partial charge in [0.15, 0.2) is 6.10 Å². The first-order chi connectivity index (χ1) is 14.5. The van der Waals surface area contributed by atoms with Gasteiger partial charge in [-0.2, -0.15) is 0 Å². The molecule has 0 spiro atoms. The Kier molecular flexibility index (Phi) is 4.68. The second-order valence-electron chi connectivity index (χ2n) is 7.56. The number of hydroxylamine groups is 1. The number of amides is 2. The van der Waals surface area contributed by atoms with Gasteiger partial charge in [-0.3, -0.25) is 14.4 Å². The molecule has 0 saturated carbocycles. The number of rotatable bonds is 3. The number of carbonyl (C=O) groups is 2. The van der Waals surface area contributed by atoms with Crippen molar-refractivity contribution in [3.8, 4) is 0 Å². The van der Waals surface area contributed by atoms with Crippen molar-refractivity contribution in [2.75, 3.05) is 9.96 Å². The molecule has 6 heteroatoms. The fourth-order valence-electron chi connectivity index (χ4n) is 4.26. The quantitative estimate of drug-likeness (QED) is 0.524. The fourth-order valence-corrected chi connectivity index (χ4v) is 4.68. The van der Waals surface area contributed by atoms with Gasteiger partial charge in [0, 0.05) is 4.47 Å². The molecule has 3 atom stereocenters. The van der Waals surface area contributed by atoms with E-state index in [1.54, 1.807) is 11.1 Å². The number of aryl methyl sites for hydroxylation is 1. The Morgan fingerprint density at radius 3 is 2.30 bits per heavy atom. The minimum Gasteiger partial charge on any atom is -0.273 e. The largest absolute Gasteiger partial charge is 0.273 e. The summed E-state index contributed by atoms with van der Waals surface area (Å²) in [6, 6.07) is 24.4. The molecule has 0 aromatic heterocycles. The first-order valence-corrected chi connectivity index (χ1v) is 10.5. The van der Waals surface area contributed by atoms with Gasteiger partial charge >= 0.3 is 0 Å². The molecule has 5 nitrogen and oxygen atoms in total. The zero-order valence-electron chi connectivity index (χ0n) is 16.2. The molecule has 2 heterocycles. The summed E-state index contributed by atoms with van der Waals surface area (Å²) in [6.07, 6.45) is -0.859. The molecule has 150 valence electrons. The Balaban J connectivity index is 1.60. The van der Waals surface area contributed by atoms with E-state index in [2.05, 4.69) is 15.9 Å². The maximum atomic E-state index is 13.5. The number of imide groups is 1. The average molecular weight is 463 g/mol. The highest BCUT2D eigenvalue weighted by Gasteiger charge is 2.60. The van der Waals surface area contributed by atoms with Gasteiger partial charge in [-0.25, -0.2) is 9.96 Å². The first-order valence-electron chi connectivity index (χ1n) is 9.75. The summed E-state index contributed by atoms with van der Waals surface area (Å²) < 4.78 is 0.906. The van der Waals surface area contributed by atoms with Crippen molar-refractivity contribution >= 4 is 39.1 Å². The highest BCUT2D eigenvalue weighted by molar-refractivity contribution is 9.10. The number of fused-ring (bicyclic) bond motifs is 1. The molecule has 2 aliphatic rings. The van der Waals surface area contributed by atoms with E-state index in [9.17, 15) is 9.59 Å². The van der Waals surface area contributed by atoms with Crippen LogP contribution in [0.1, 0.15) is 17.2 Å². The summed E-state index contributed by atoms with van der Waals surface area (Å²) in [5.41, 5.74) is 3.29. The van der Waals surface area contributed by atoms with Crippen molar-refractivity contribution in [1.82, 2.24) is 0 Å². The highest BCUT2D eigenvalue weighted by Crippen LogP contribution is 2.47. The normalized spacial score (nSPS) is 23.2. The Bertz CT molecular complexity index is 1130. The molecule has 2 amide bonds. The van der Waals surface area contributed by atoms with Crippen LogP contribution in [-0.4, -0.2) is 17.9 Å². The minimum absolute atomic E-state index is 0.237. The first kappa shape index (κ1) is 19.0. The van der Waals surface area contributed by atoms with E-state index in [1.807, 2.05) is 79.7 Å². The summed E-state index contributed by atoms with van der Waals surface area (Å²) in [5.74, 6) is -1.19. The minimum atomic E-state index is -0.859. The number of benzene rings is 3. The Morgan fingerprint density at radius 2 is 1.57 bits per heavy atom. The lowest BCUT2D eigenvalue weighted by atomic mass is 9.90. The van der Waals surface area contributed by atoms with Gasteiger partial charge in [0.05, 0.1) is 17.4 Å². The van der Waals surface area contributed by atoms with Crippen LogP contribution in [0.2, 0.25) is 0 Å². The van der Waals surface area contributed by atoms with Crippen LogP contribution in [0, 0.1) is 12.8 Å². The Hall–Kier alpha value is -2.96. The SMILES string of the molecule is Cc1cccc(N2C(=O)[C@@H]3[C@H](ON(c4ccccc4)[C@H]3c3cccc(Br)c3)C2=O)c1. The van der Waals surface area contributed by atoms with Crippen LogP contribution >= 0.6 is 15.9 Å². The van der Waals surface area contributed by atoms with Gasteiger partial charge in [0.25, 0.3) is 5.91 Å². The molecule has 2 aliphatic heterocycles. The van der Waals surface area contributed by atoms with E-state index in [0.29, 0.717) is 5.69 Å². The summed E-state index contributed by atoms with van der Waals surface area (Å²) in [5, 5.41) is 1.71. The van der Waals surface area contributed by atoms with Gasteiger partial charge in [-0.1, -0.05) is 58.4 Å². The van der Waals surface area contributed by atoms with Gasteiger partial charge < -0.3 is 0 Å². The lowest BCUT2D eigenvalue weighted by Crippen LogP contribution is -2.37. The monoisotopic (exact) mass is 462 g/mol. The van der Waals surface area contributed by atoms with Crippen LogP contribution in [0.4, 0.5) is 11.4 Å². The van der Waals surface area contributed by atoms with Gasteiger partial charge in [-0.05, 0) is 54.4 Å². The predicted molar refractivity (Wildman–Crippen MR) is 118 cm³/mol. The summed E-state index contributed by atoms with van der Waals surface area (Å²) in [6.45, 7) is 1.94. The average Bonchev–Trinajstić information content (AvgIpc) is 3.25. The van der Waals surface area contributed by atoms with E-state index in [4.69, 9.17) is 4.84 Å². The molecule has 2 fully saturated rings. The highest BCUT2D eigenvalue weighted by atomic mass is 79.9. The number of hydrogen-bond donors (Lipinski definition) is 0. The molecule has 0 aliphatic carbocycles. The molecular weight excluding hydrogens is 444 g/mol. The standard InChI is InChI=1S/C24H19BrN2O3/c1-15-7-5-12-19(13-15)26-23(28)20-21(16-8-6-9-17(25)14-16)27(30-22(20)24(26)29)18-10-3-2-4-11-18/h2-14,20-22H,1H3/t20-,21-,22-/m0/s1. The third kappa shape index (κ3) is 3.04. The lowest BCUT2D eigenvalue weighted by Gasteiger charge is -2.29. The van der Waals surface area contributed by atoms with Gasteiger partial charge in [0.1, 0.15) is 5.92 Å². The van der Waals surface area contributed by atoms with Crippen molar-refractivity contribution < 1.29 is 14.4 Å². The van der Waals surface area contributed by atoms with Gasteiger partial charge in [-0.15, -0.1) is 0 Å². The number of para-hydroxylation sites is 1. The number of carbonyl (C=O) groups excluding carboxylic acids is 2. The van der Waals surface area contributed by atoms with E-state index in [-0.39, 0.29) is 11.8 Å². The Labute approximate surface area is 183 Å². The number of hydrogen-bond acceptors (Lipinski definition) is 4.